The standard InChI is InChI=1S/C30H52O2/c1-3-5-7-9-11-12-13-15-16-18-21-27-22-20-24-30(32-26-28-25-31-28)29(27)23-19-17-14-10-8-6-4-2/h20,22,24,28H,3-19,21,23,25-26H2,1-2H3. The Kier molecular flexibility index (Phi) is 15.7. The van der Waals surface area contributed by atoms with Crippen molar-refractivity contribution < 1.29 is 9.47 Å². The molecule has 0 saturated carbocycles. The van der Waals surface area contributed by atoms with Crippen LogP contribution in [0.4, 0.5) is 0 Å². The molecule has 32 heavy (non-hydrogen) atoms. The first-order chi connectivity index (χ1) is 15.8. The third kappa shape index (κ3) is 12.9. The fourth-order valence-corrected chi connectivity index (χ4v) is 4.67. The zero-order valence-electron chi connectivity index (χ0n) is 21.5. The summed E-state index contributed by atoms with van der Waals surface area (Å²) in [6.45, 7) is 6.17. The minimum absolute atomic E-state index is 0.326. The molecule has 1 heterocycles. The lowest BCUT2D eigenvalue weighted by Gasteiger charge is -2.16. The van der Waals surface area contributed by atoms with Crippen molar-refractivity contribution in [2.75, 3.05) is 13.2 Å². The van der Waals surface area contributed by atoms with E-state index in [1.165, 1.54) is 133 Å². The predicted molar refractivity (Wildman–Crippen MR) is 139 cm³/mol. The Morgan fingerprint density at radius 3 is 1.72 bits per heavy atom. The smallest absolute Gasteiger partial charge is 0.122 e. The average Bonchev–Trinajstić information content (AvgIpc) is 3.64. The molecule has 1 aliphatic heterocycles. The number of ether oxygens (including phenoxy) is 2. The molecule has 2 rings (SSSR count). The Labute approximate surface area is 199 Å². The van der Waals surface area contributed by atoms with Crippen molar-refractivity contribution in [2.45, 2.75) is 142 Å². The van der Waals surface area contributed by atoms with Gasteiger partial charge < -0.3 is 9.47 Å². The highest BCUT2D eigenvalue weighted by atomic mass is 16.6. The summed E-state index contributed by atoms with van der Waals surface area (Å²) in [7, 11) is 0. The van der Waals surface area contributed by atoms with E-state index in [2.05, 4.69) is 32.0 Å². The van der Waals surface area contributed by atoms with Crippen LogP contribution in [0, 0.1) is 0 Å². The van der Waals surface area contributed by atoms with E-state index < -0.39 is 0 Å². The van der Waals surface area contributed by atoms with Gasteiger partial charge in [-0.2, -0.15) is 0 Å². The van der Waals surface area contributed by atoms with Crippen LogP contribution in [0.15, 0.2) is 18.2 Å². The van der Waals surface area contributed by atoms with Crippen LogP contribution in [0.5, 0.6) is 5.75 Å². The van der Waals surface area contributed by atoms with E-state index >= 15 is 0 Å². The second kappa shape index (κ2) is 18.4. The van der Waals surface area contributed by atoms with Crippen molar-refractivity contribution in [3.8, 4) is 5.75 Å². The normalized spacial score (nSPS) is 15.2. The predicted octanol–water partition coefficient (Wildman–Crippen LogP) is 9.22. The van der Waals surface area contributed by atoms with Gasteiger partial charge in [0.2, 0.25) is 0 Å². The maximum atomic E-state index is 6.19. The van der Waals surface area contributed by atoms with Gasteiger partial charge in [-0.15, -0.1) is 0 Å². The van der Waals surface area contributed by atoms with Crippen molar-refractivity contribution in [1.82, 2.24) is 0 Å². The third-order valence-corrected chi connectivity index (χ3v) is 6.89. The van der Waals surface area contributed by atoms with E-state index in [4.69, 9.17) is 9.47 Å². The number of epoxide rings is 1. The first-order valence-electron chi connectivity index (χ1n) is 14.2. The molecule has 1 atom stereocenters. The lowest BCUT2D eigenvalue weighted by Crippen LogP contribution is -2.07. The van der Waals surface area contributed by atoms with Crippen LogP contribution < -0.4 is 4.74 Å². The van der Waals surface area contributed by atoms with E-state index in [-0.39, 0.29) is 0 Å². The molecule has 0 N–H and O–H groups in total. The van der Waals surface area contributed by atoms with Gasteiger partial charge in [0.1, 0.15) is 18.5 Å². The molecule has 1 aromatic carbocycles. The van der Waals surface area contributed by atoms with Crippen molar-refractivity contribution >= 4 is 0 Å². The van der Waals surface area contributed by atoms with E-state index in [1.807, 2.05) is 0 Å². The molecule has 184 valence electrons. The van der Waals surface area contributed by atoms with E-state index in [0.29, 0.717) is 12.7 Å². The largest absolute Gasteiger partial charge is 0.490 e. The Balaban J connectivity index is 1.70. The number of hydrogen-bond acceptors (Lipinski definition) is 2. The molecular formula is C30H52O2. The Morgan fingerprint density at radius 2 is 1.19 bits per heavy atom. The molecule has 0 radical (unpaired) electrons. The van der Waals surface area contributed by atoms with Crippen LogP contribution >= 0.6 is 0 Å². The Bertz CT molecular complexity index is 564. The van der Waals surface area contributed by atoms with Crippen molar-refractivity contribution in [3.63, 3.8) is 0 Å². The van der Waals surface area contributed by atoms with E-state index in [1.54, 1.807) is 0 Å². The van der Waals surface area contributed by atoms with Gasteiger partial charge >= 0.3 is 0 Å². The number of unbranched alkanes of at least 4 members (excludes halogenated alkanes) is 15. The minimum atomic E-state index is 0.326. The summed E-state index contributed by atoms with van der Waals surface area (Å²) in [6.07, 6.45) is 26.3. The first kappa shape index (κ1) is 27.2. The summed E-state index contributed by atoms with van der Waals surface area (Å²) in [5.74, 6) is 1.12. The van der Waals surface area contributed by atoms with Crippen LogP contribution in [-0.2, 0) is 17.6 Å². The highest BCUT2D eigenvalue weighted by Crippen LogP contribution is 2.28. The van der Waals surface area contributed by atoms with Crippen LogP contribution in [-0.4, -0.2) is 19.3 Å². The highest BCUT2D eigenvalue weighted by Gasteiger charge is 2.23. The zero-order valence-corrected chi connectivity index (χ0v) is 21.5. The molecule has 2 heteroatoms. The molecule has 0 aliphatic carbocycles. The monoisotopic (exact) mass is 444 g/mol. The number of benzene rings is 1. The summed E-state index contributed by atoms with van der Waals surface area (Å²) < 4.78 is 11.5. The maximum absolute atomic E-state index is 6.19. The number of rotatable bonds is 22. The fraction of sp³-hybridized carbons (Fsp3) is 0.800. The number of aryl methyl sites for hydroxylation is 1. The lowest BCUT2D eigenvalue weighted by molar-refractivity contribution is 0.260. The second-order valence-electron chi connectivity index (χ2n) is 9.96. The van der Waals surface area contributed by atoms with Crippen molar-refractivity contribution in [2.24, 2.45) is 0 Å². The van der Waals surface area contributed by atoms with Gasteiger partial charge in [-0.05, 0) is 42.9 Å². The van der Waals surface area contributed by atoms with Gasteiger partial charge in [0.15, 0.2) is 0 Å². The van der Waals surface area contributed by atoms with Crippen LogP contribution in [0.25, 0.3) is 0 Å². The van der Waals surface area contributed by atoms with Crippen LogP contribution in [0.1, 0.15) is 134 Å². The van der Waals surface area contributed by atoms with E-state index in [0.717, 1.165) is 12.4 Å². The van der Waals surface area contributed by atoms with Gasteiger partial charge in [-0.3, -0.25) is 0 Å². The molecule has 1 saturated heterocycles. The molecule has 1 aromatic rings. The SMILES string of the molecule is CCCCCCCCCCCCc1cccc(OCC2CO2)c1CCCCCCCCC. The topological polar surface area (TPSA) is 21.8 Å². The summed E-state index contributed by atoms with van der Waals surface area (Å²) in [5, 5.41) is 0. The lowest BCUT2D eigenvalue weighted by atomic mass is 9.95. The molecule has 0 bridgehead atoms. The zero-order chi connectivity index (χ0) is 22.7. The minimum Gasteiger partial charge on any atom is -0.490 e. The third-order valence-electron chi connectivity index (χ3n) is 6.89. The van der Waals surface area contributed by atoms with Crippen molar-refractivity contribution in [1.29, 1.82) is 0 Å². The fourth-order valence-electron chi connectivity index (χ4n) is 4.67. The second-order valence-corrected chi connectivity index (χ2v) is 9.96. The Morgan fingerprint density at radius 1 is 0.688 bits per heavy atom. The van der Waals surface area contributed by atoms with Gasteiger partial charge in [0, 0.05) is 0 Å². The van der Waals surface area contributed by atoms with Crippen molar-refractivity contribution in [3.05, 3.63) is 29.3 Å². The summed E-state index contributed by atoms with van der Waals surface area (Å²) >= 11 is 0. The van der Waals surface area contributed by atoms with Gasteiger partial charge in [0.05, 0.1) is 6.61 Å². The summed E-state index contributed by atoms with van der Waals surface area (Å²) in [6, 6.07) is 6.73. The van der Waals surface area contributed by atoms with Crippen LogP contribution in [0.2, 0.25) is 0 Å². The molecule has 2 nitrogen and oxygen atoms in total. The van der Waals surface area contributed by atoms with E-state index in [9.17, 15) is 0 Å². The maximum Gasteiger partial charge on any atom is 0.122 e. The van der Waals surface area contributed by atoms with Gasteiger partial charge in [-0.1, -0.05) is 122 Å². The molecule has 1 aliphatic rings. The molecular weight excluding hydrogens is 392 g/mol. The Hall–Kier alpha value is -1.02. The summed E-state index contributed by atoms with van der Waals surface area (Å²) in [5.41, 5.74) is 3.02. The summed E-state index contributed by atoms with van der Waals surface area (Å²) in [4.78, 5) is 0. The molecule has 1 unspecified atom stereocenters. The van der Waals surface area contributed by atoms with Crippen LogP contribution in [0.3, 0.4) is 0 Å². The average molecular weight is 445 g/mol. The molecule has 0 amide bonds. The molecule has 0 aromatic heterocycles. The van der Waals surface area contributed by atoms with Gasteiger partial charge in [-0.25, -0.2) is 0 Å². The quantitative estimate of drug-likeness (QED) is 0.131. The highest BCUT2D eigenvalue weighted by molar-refractivity contribution is 5.40. The molecule has 0 spiro atoms. The molecule has 1 fully saturated rings. The number of hydrogen-bond donors (Lipinski definition) is 0. The van der Waals surface area contributed by atoms with Gasteiger partial charge in [0.25, 0.3) is 0 Å². The first-order valence-corrected chi connectivity index (χ1v) is 14.2.